The Morgan fingerprint density at radius 1 is 1.55 bits per heavy atom. The molecule has 20 heavy (non-hydrogen) atoms. The van der Waals surface area contributed by atoms with Crippen molar-refractivity contribution in [3.8, 4) is 10.8 Å². The molecule has 1 aliphatic rings. The van der Waals surface area contributed by atoms with Crippen LogP contribution in [0.5, 0.6) is 0 Å². The van der Waals surface area contributed by atoms with Gasteiger partial charge in [-0.05, 0) is 31.9 Å². The topological polar surface area (TPSA) is 64.4 Å². The van der Waals surface area contributed by atoms with E-state index in [1.807, 2.05) is 19.1 Å². The number of amides is 1. The zero-order valence-electron chi connectivity index (χ0n) is 11.2. The quantitative estimate of drug-likeness (QED) is 0.944. The van der Waals surface area contributed by atoms with Gasteiger partial charge in [-0.2, -0.15) is 0 Å². The number of rotatable bonds is 3. The first-order chi connectivity index (χ1) is 9.74. The van der Waals surface area contributed by atoms with E-state index < -0.39 is 0 Å². The molecule has 0 aromatic carbocycles. The maximum absolute atomic E-state index is 12.3. The summed E-state index contributed by atoms with van der Waals surface area (Å²) < 4.78 is 10.7. The van der Waals surface area contributed by atoms with Gasteiger partial charge >= 0.3 is 0 Å². The third-order valence-corrected chi connectivity index (χ3v) is 4.22. The molecule has 6 heteroatoms. The van der Waals surface area contributed by atoms with E-state index in [9.17, 15) is 4.79 Å². The molecule has 1 atom stereocenters. The van der Waals surface area contributed by atoms with Gasteiger partial charge in [0, 0.05) is 11.5 Å². The standard InChI is InChI=1S/C14H16N2O3S/c1-9-12(13(17)15-10-4-2-6-18-8-10)16-14(20-9)11-5-3-7-19-11/h3,5,7,10H,2,4,6,8H2,1H3,(H,15,17). The van der Waals surface area contributed by atoms with Crippen LogP contribution >= 0.6 is 11.3 Å². The average molecular weight is 292 g/mol. The van der Waals surface area contributed by atoms with Crippen LogP contribution in [0.15, 0.2) is 22.8 Å². The van der Waals surface area contributed by atoms with Crippen molar-refractivity contribution in [2.45, 2.75) is 25.8 Å². The second-order valence-corrected chi connectivity index (χ2v) is 5.99. The Morgan fingerprint density at radius 2 is 2.45 bits per heavy atom. The first-order valence-corrected chi connectivity index (χ1v) is 7.45. The third-order valence-electron chi connectivity index (χ3n) is 3.24. The number of thiazole rings is 1. The molecule has 0 aliphatic carbocycles. The van der Waals surface area contributed by atoms with E-state index in [4.69, 9.17) is 9.15 Å². The molecule has 0 radical (unpaired) electrons. The summed E-state index contributed by atoms with van der Waals surface area (Å²) in [5.41, 5.74) is 0.479. The van der Waals surface area contributed by atoms with Crippen LogP contribution in [-0.2, 0) is 4.74 Å². The lowest BCUT2D eigenvalue weighted by atomic mass is 10.1. The van der Waals surface area contributed by atoms with Crippen molar-refractivity contribution in [3.05, 3.63) is 29.0 Å². The van der Waals surface area contributed by atoms with Crippen LogP contribution < -0.4 is 5.32 Å². The van der Waals surface area contributed by atoms with E-state index in [0.717, 1.165) is 29.3 Å². The first kappa shape index (κ1) is 13.3. The molecule has 0 saturated carbocycles. The van der Waals surface area contributed by atoms with Gasteiger partial charge in [-0.1, -0.05) is 0 Å². The Bertz CT molecular complexity index is 586. The lowest BCUT2D eigenvalue weighted by molar-refractivity contribution is 0.0622. The Labute approximate surface area is 121 Å². The summed E-state index contributed by atoms with van der Waals surface area (Å²) in [6, 6.07) is 3.74. The number of aryl methyl sites for hydroxylation is 1. The number of nitrogens with one attached hydrogen (secondary N) is 1. The predicted octanol–water partition coefficient (Wildman–Crippen LogP) is 2.62. The van der Waals surface area contributed by atoms with Crippen molar-refractivity contribution in [2.24, 2.45) is 0 Å². The Morgan fingerprint density at radius 3 is 3.15 bits per heavy atom. The number of hydrogen-bond donors (Lipinski definition) is 1. The number of nitrogens with zero attached hydrogens (tertiary/aromatic N) is 1. The lowest BCUT2D eigenvalue weighted by Gasteiger charge is -2.22. The molecule has 1 amide bonds. The van der Waals surface area contributed by atoms with Crippen LogP contribution in [0.3, 0.4) is 0 Å². The zero-order valence-corrected chi connectivity index (χ0v) is 12.0. The highest BCUT2D eigenvalue weighted by Gasteiger charge is 2.21. The summed E-state index contributed by atoms with van der Waals surface area (Å²) in [7, 11) is 0. The van der Waals surface area contributed by atoms with Crippen LogP contribution in [0, 0.1) is 6.92 Å². The van der Waals surface area contributed by atoms with E-state index in [-0.39, 0.29) is 11.9 Å². The number of carbonyl (C=O) groups is 1. The minimum absolute atomic E-state index is 0.0874. The lowest BCUT2D eigenvalue weighted by Crippen LogP contribution is -2.40. The maximum Gasteiger partial charge on any atom is 0.271 e. The first-order valence-electron chi connectivity index (χ1n) is 6.64. The van der Waals surface area contributed by atoms with Crippen molar-refractivity contribution < 1.29 is 13.9 Å². The van der Waals surface area contributed by atoms with Crippen LogP contribution in [0.4, 0.5) is 0 Å². The van der Waals surface area contributed by atoms with E-state index in [1.54, 1.807) is 6.26 Å². The minimum atomic E-state index is -0.132. The fourth-order valence-corrected chi connectivity index (χ4v) is 3.10. The third kappa shape index (κ3) is 2.76. The Balaban J connectivity index is 1.74. The normalized spacial score (nSPS) is 18.9. The second kappa shape index (κ2) is 5.76. The zero-order chi connectivity index (χ0) is 13.9. The summed E-state index contributed by atoms with van der Waals surface area (Å²) in [5.74, 6) is 0.560. The van der Waals surface area contributed by atoms with Crippen LogP contribution in [0.25, 0.3) is 10.8 Å². The highest BCUT2D eigenvalue weighted by Crippen LogP contribution is 2.27. The molecule has 2 aromatic rings. The van der Waals surface area contributed by atoms with E-state index in [1.165, 1.54) is 11.3 Å². The summed E-state index contributed by atoms with van der Waals surface area (Å²) in [6.07, 6.45) is 3.55. The van der Waals surface area contributed by atoms with E-state index >= 15 is 0 Å². The highest BCUT2D eigenvalue weighted by atomic mass is 32.1. The van der Waals surface area contributed by atoms with Gasteiger partial charge in [0.1, 0.15) is 5.69 Å². The fourth-order valence-electron chi connectivity index (χ4n) is 2.22. The van der Waals surface area contributed by atoms with Gasteiger partial charge in [-0.25, -0.2) is 4.98 Å². The molecule has 3 heterocycles. The van der Waals surface area contributed by atoms with Crippen molar-refractivity contribution in [1.29, 1.82) is 0 Å². The number of furan rings is 1. The number of hydrogen-bond acceptors (Lipinski definition) is 5. The fraction of sp³-hybridized carbons (Fsp3) is 0.429. The van der Waals surface area contributed by atoms with Crippen molar-refractivity contribution in [2.75, 3.05) is 13.2 Å². The molecule has 1 N–H and O–H groups in total. The Hall–Kier alpha value is -1.66. The molecule has 0 spiro atoms. The summed E-state index contributed by atoms with van der Waals surface area (Å²) >= 11 is 1.47. The molecule has 2 aromatic heterocycles. The molecular formula is C14H16N2O3S. The van der Waals surface area contributed by atoms with Gasteiger partial charge < -0.3 is 14.5 Å². The van der Waals surface area contributed by atoms with Crippen LogP contribution in [0.2, 0.25) is 0 Å². The number of ether oxygens (including phenoxy) is 1. The molecule has 1 aliphatic heterocycles. The number of aromatic nitrogens is 1. The molecule has 3 rings (SSSR count). The van der Waals surface area contributed by atoms with Gasteiger partial charge in [-0.3, -0.25) is 4.79 Å². The molecule has 5 nitrogen and oxygen atoms in total. The number of carbonyl (C=O) groups excluding carboxylic acids is 1. The van der Waals surface area contributed by atoms with Gasteiger partial charge in [0.05, 0.1) is 18.9 Å². The average Bonchev–Trinajstić information content (AvgIpc) is 3.08. The SMILES string of the molecule is Cc1sc(-c2ccco2)nc1C(=O)NC1CCCOC1. The Kier molecular flexibility index (Phi) is 3.84. The van der Waals surface area contributed by atoms with Gasteiger partial charge in [0.15, 0.2) is 10.8 Å². The summed E-state index contributed by atoms with van der Waals surface area (Å²) in [5, 5.41) is 3.72. The van der Waals surface area contributed by atoms with Gasteiger partial charge in [0.25, 0.3) is 5.91 Å². The smallest absolute Gasteiger partial charge is 0.271 e. The van der Waals surface area contributed by atoms with E-state index in [0.29, 0.717) is 18.1 Å². The largest absolute Gasteiger partial charge is 0.462 e. The van der Waals surface area contributed by atoms with Crippen LogP contribution in [0.1, 0.15) is 28.2 Å². The highest BCUT2D eigenvalue weighted by molar-refractivity contribution is 7.15. The predicted molar refractivity (Wildman–Crippen MR) is 75.9 cm³/mol. The summed E-state index contributed by atoms with van der Waals surface area (Å²) in [4.78, 5) is 17.5. The van der Waals surface area contributed by atoms with E-state index in [2.05, 4.69) is 10.3 Å². The van der Waals surface area contributed by atoms with Crippen molar-refractivity contribution in [1.82, 2.24) is 10.3 Å². The molecular weight excluding hydrogens is 276 g/mol. The second-order valence-electron chi connectivity index (χ2n) is 4.79. The maximum atomic E-state index is 12.3. The van der Waals surface area contributed by atoms with Crippen molar-refractivity contribution >= 4 is 17.2 Å². The van der Waals surface area contributed by atoms with Gasteiger partial charge in [-0.15, -0.1) is 11.3 Å². The molecule has 1 saturated heterocycles. The van der Waals surface area contributed by atoms with Gasteiger partial charge in [0.2, 0.25) is 0 Å². The van der Waals surface area contributed by atoms with Crippen molar-refractivity contribution in [3.63, 3.8) is 0 Å². The minimum Gasteiger partial charge on any atom is -0.462 e. The van der Waals surface area contributed by atoms with Crippen LogP contribution in [-0.4, -0.2) is 30.1 Å². The monoisotopic (exact) mass is 292 g/mol. The summed E-state index contributed by atoms with van der Waals surface area (Å²) in [6.45, 7) is 3.26. The molecule has 1 fully saturated rings. The molecule has 106 valence electrons. The molecule has 0 bridgehead atoms. The molecule has 1 unspecified atom stereocenters.